The van der Waals surface area contributed by atoms with Gasteiger partial charge in [-0.05, 0) is 52.7 Å². The number of methoxy groups -OCH3 is 3. The van der Waals surface area contributed by atoms with Crippen molar-refractivity contribution >= 4 is 28.3 Å². The number of hydrogen-bond donors (Lipinski definition) is 1. The average molecular weight is 423 g/mol. The van der Waals surface area contributed by atoms with E-state index in [-0.39, 0.29) is 23.9 Å². The molecule has 24 heavy (non-hydrogen) atoms. The van der Waals surface area contributed by atoms with Gasteiger partial charge in [0, 0.05) is 12.1 Å². The Morgan fingerprint density at radius 3 is 2.50 bits per heavy atom. The first-order valence-corrected chi connectivity index (χ1v) is 7.81. The zero-order valence-electron chi connectivity index (χ0n) is 19.1. The van der Waals surface area contributed by atoms with E-state index in [1.165, 1.54) is 12.1 Å². The van der Waals surface area contributed by atoms with Gasteiger partial charge in [0.05, 0.1) is 33.9 Å². The highest BCUT2D eigenvalue weighted by molar-refractivity contribution is 9.10. The van der Waals surface area contributed by atoms with Crippen LogP contribution in [-0.4, -0.2) is 27.7 Å². The second-order valence-electron chi connectivity index (χ2n) is 4.83. The molecule has 0 spiro atoms. The lowest BCUT2D eigenvalue weighted by molar-refractivity contribution is 0.396. The maximum atomic E-state index is 7.35. The van der Waals surface area contributed by atoms with Crippen LogP contribution in [0.1, 0.15) is 19.4 Å². The molecule has 6 heteroatoms. The van der Waals surface area contributed by atoms with Crippen LogP contribution in [0.15, 0.2) is 40.9 Å². The quantitative estimate of drug-likeness (QED) is 0.646. The smallest absolute Gasteiger partial charge is 0.133 e. The van der Waals surface area contributed by atoms with Crippen molar-refractivity contribution in [3.63, 3.8) is 0 Å². The molecule has 2 aromatic carbocycles. The van der Waals surface area contributed by atoms with Crippen LogP contribution in [0.5, 0.6) is 17.2 Å². The molecule has 132 valence electrons. The minimum absolute atomic E-state index is 0. The summed E-state index contributed by atoms with van der Waals surface area (Å²) in [6.45, 7) is 1.04. The van der Waals surface area contributed by atoms with Crippen molar-refractivity contribution in [3.8, 4) is 17.2 Å². The topological polar surface area (TPSA) is 39.7 Å². The normalized spacial score (nSPS) is 14.8. The molecule has 4 nitrogen and oxygen atoms in total. The number of halogens is 2. The van der Waals surface area contributed by atoms with Gasteiger partial charge in [-0.3, -0.25) is 0 Å². The van der Waals surface area contributed by atoms with Crippen LogP contribution in [0, 0.1) is 0 Å². The van der Waals surface area contributed by atoms with E-state index < -0.39 is 14.1 Å². The van der Waals surface area contributed by atoms with Gasteiger partial charge in [0.15, 0.2) is 0 Å². The molecule has 2 aromatic rings. The van der Waals surface area contributed by atoms with E-state index in [4.69, 9.17) is 22.4 Å². The summed E-state index contributed by atoms with van der Waals surface area (Å²) >= 11 is 3.20. The number of nitrogens with one attached hydrogen (secondary N) is 1. The van der Waals surface area contributed by atoms with E-state index in [1.54, 1.807) is 7.11 Å². The van der Waals surface area contributed by atoms with Gasteiger partial charge in [-0.25, -0.2) is 0 Å². The van der Waals surface area contributed by atoms with Gasteiger partial charge in [0.1, 0.15) is 17.2 Å². The molecule has 0 atom stereocenters. The molecule has 0 heterocycles. The predicted molar refractivity (Wildman–Crippen MR) is 103 cm³/mol. The summed E-state index contributed by atoms with van der Waals surface area (Å²) in [5.41, 5.74) is 1.49. The largest absolute Gasteiger partial charge is 0.496 e. The van der Waals surface area contributed by atoms with Crippen molar-refractivity contribution < 1.29 is 22.4 Å². The summed E-state index contributed by atoms with van der Waals surface area (Å²) < 4.78 is 59.6. The second kappa shape index (κ2) is 10.4. The van der Waals surface area contributed by atoms with Crippen molar-refractivity contribution in [1.82, 2.24) is 5.32 Å². The number of rotatable bonds is 8. The van der Waals surface area contributed by atoms with E-state index >= 15 is 0 Å². The average Bonchev–Trinajstić information content (AvgIpc) is 2.60. The third-order valence-electron chi connectivity index (χ3n) is 3.41. The molecule has 0 aliphatic carbocycles. The minimum atomic E-state index is -2.63. The lowest BCUT2D eigenvalue weighted by Gasteiger charge is -2.13. The molecule has 0 unspecified atom stereocenters. The monoisotopic (exact) mass is 421 g/mol. The van der Waals surface area contributed by atoms with E-state index in [0.717, 1.165) is 11.3 Å². The molecule has 0 aliphatic heterocycles. The molecule has 0 aliphatic rings. The molecule has 0 bridgehead atoms. The van der Waals surface area contributed by atoms with Crippen molar-refractivity contribution in [1.29, 1.82) is 0 Å². The fourth-order valence-electron chi connectivity index (χ4n) is 2.24. The van der Waals surface area contributed by atoms with Crippen LogP contribution in [0.3, 0.4) is 0 Å². The van der Waals surface area contributed by atoms with Crippen LogP contribution in [-0.2, 0) is 13.0 Å². The van der Waals surface area contributed by atoms with Crippen LogP contribution in [0.25, 0.3) is 0 Å². The molecule has 0 amide bonds. The molecular weight excluding hydrogens is 394 g/mol. The molecule has 0 radical (unpaired) electrons. The van der Waals surface area contributed by atoms with Crippen LogP contribution < -0.4 is 19.5 Å². The summed E-state index contributed by atoms with van der Waals surface area (Å²) in [6.07, 6.45) is 0.394. The summed E-state index contributed by atoms with van der Waals surface area (Å²) in [5.74, 6) is 0.986. The first-order valence-electron chi connectivity index (χ1n) is 10.0. The molecule has 0 saturated heterocycles. The molecule has 0 aromatic heterocycles. The Kier molecular flexibility index (Phi) is 5.60. The molecular formula is C18H23BrClNO3. The highest BCUT2D eigenvalue weighted by Crippen LogP contribution is 2.32. The number of hydrogen-bond acceptors (Lipinski definition) is 4. The van der Waals surface area contributed by atoms with E-state index in [9.17, 15) is 0 Å². The lowest BCUT2D eigenvalue weighted by atomic mass is 10.1. The third-order valence-corrected chi connectivity index (χ3v) is 4.03. The van der Waals surface area contributed by atoms with Crippen molar-refractivity contribution in [2.24, 2.45) is 0 Å². The Balaban J connectivity index is 0.00000450. The molecule has 2 rings (SSSR count). The van der Waals surface area contributed by atoms with Gasteiger partial charge >= 0.3 is 0 Å². The van der Waals surface area contributed by atoms with Gasteiger partial charge in [0.2, 0.25) is 0 Å². The zero-order chi connectivity index (χ0) is 21.7. The van der Waals surface area contributed by atoms with Gasteiger partial charge < -0.3 is 19.5 Å². The SMILES string of the molecule is Cl.[2H]C([2H])([2H])Oc1cc(CCNCc2ccccc2OC)c(OC([2H])([2H])[2H])cc1Br. The van der Waals surface area contributed by atoms with E-state index in [0.29, 0.717) is 29.5 Å². The van der Waals surface area contributed by atoms with Crippen LogP contribution in [0.2, 0.25) is 0 Å². The number of ether oxygens (including phenoxy) is 3. The van der Waals surface area contributed by atoms with Crippen LogP contribution >= 0.6 is 28.3 Å². The zero-order valence-corrected chi connectivity index (χ0v) is 15.5. The Morgan fingerprint density at radius 1 is 1.00 bits per heavy atom. The van der Waals surface area contributed by atoms with Gasteiger partial charge in [-0.2, -0.15) is 0 Å². The summed E-state index contributed by atoms with van der Waals surface area (Å²) in [6, 6.07) is 10.5. The first-order chi connectivity index (χ1) is 13.5. The summed E-state index contributed by atoms with van der Waals surface area (Å²) in [5, 5.41) is 3.26. The standard InChI is InChI=1S/C18H22BrNO3.ClH/c1-21-16-7-5-4-6-14(16)12-20-9-8-13-10-18(23-3)15(19)11-17(13)22-2;/h4-7,10-11,20H,8-9,12H2,1-3H3;1H/i2D3,3D3;. The highest BCUT2D eigenvalue weighted by Gasteiger charge is 2.09. The Labute approximate surface area is 166 Å². The van der Waals surface area contributed by atoms with E-state index in [1.807, 2.05) is 24.3 Å². The van der Waals surface area contributed by atoms with Crippen molar-refractivity contribution in [2.75, 3.05) is 27.7 Å². The van der Waals surface area contributed by atoms with Crippen LogP contribution in [0.4, 0.5) is 0 Å². The van der Waals surface area contributed by atoms with Crippen molar-refractivity contribution in [3.05, 3.63) is 52.0 Å². The summed E-state index contributed by atoms with van der Waals surface area (Å²) in [7, 11) is -3.66. The third kappa shape index (κ3) is 5.30. The van der Waals surface area contributed by atoms with Gasteiger partial charge in [-0.1, -0.05) is 18.2 Å². The second-order valence-corrected chi connectivity index (χ2v) is 5.69. The minimum Gasteiger partial charge on any atom is -0.496 e. The predicted octanol–water partition coefficient (Wildman–Crippen LogP) is 4.23. The van der Waals surface area contributed by atoms with E-state index in [2.05, 4.69) is 21.2 Å². The summed E-state index contributed by atoms with van der Waals surface area (Å²) in [4.78, 5) is 0. The van der Waals surface area contributed by atoms with Gasteiger partial charge in [-0.15, -0.1) is 12.4 Å². The van der Waals surface area contributed by atoms with Crippen molar-refractivity contribution in [2.45, 2.75) is 13.0 Å². The fourth-order valence-corrected chi connectivity index (χ4v) is 2.64. The number of benzene rings is 2. The Morgan fingerprint density at radius 2 is 1.75 bits per heavy atom. The lowest BCUT2D eigenvalue weighted by Crippen LogP contribution is -2.17. The highest BCUT2D eigenvalue weighted by atomic mass is 79.9. The maximum absolute atomic E-state index is 7.35. The van der Waals surface area contributed by atoms with Gasteiger partial charge in [0.25, 0.3) is 0 Å². The number of para-hydroxylation sites is 1. The maximum Gasteiger partial charge on any atom is 0.133 e. The molecule has 0 fully saturated rings. The molecule has 0 saturated carbocycles. The first kappa shape index (κ1) is 12.9. The Bertz CT molecular complexity index is 833. The Hall–Kier alpha value is -1.43. The molecule has 1 N–H and O–H groups in total. The fraction of sp³-hybridized carbons (Fsp3) is 0.333.